The Balaban J connectivity index is 1.18. The molecular formula is C34H51N3OS. The van der Waals surface area contributed by atoms with Crippen molar-refractivity contribution in [1.82, 2.24) is 15.3 Å². The molecule has 1 amide bonds. The maximum atomic E-state index is 14.0. The Hall–Kier alpha value is -1.30. The molecule has 4 fully saturated rings. The van der Waals surface area contributed by atoms with Crippen LogP contribution in [0.2, 0.25) is 0 Å². The van der Waals surface area contributed by atoms with Crippen molar-refractivity contribution in [3.05, 3.63) is 41.0 Å². The van der Waals surface area contributed by atoms with Crippen molar-refractivity contribution in [1.29, 1.82) is 0 Å². The summed E-state index contributed by atoms with van der Waals surface area (Å²) in [6.07, 6.45) is 26.6. The number of amides is 1. The zero-order valence-corrected chi connectivity index (χ0v) is 25.2. The summed E-state index contributed by atoms with van der Waals surface area (Å²) in [5, 5.41) is 3.10. The largest absolute Gasteiger partial charge is 0.332 e. The van der Waals surface area contributed by atoms with Gasteiger partial charge in [-0.2, -0.15) is 0 Å². The maximum absolute atomic E-state index is 14.0. The molecule has 39 heavy (non-hydrogen) atoms. The number of aryl methyl sites for hydroxylation is 2. The SMILES string of the molecule is CC1NN(C2CCCCCC2)CC1N(CC1CCC2(CCCCCC2)S1)C(=O)C=Cc1ccc2c(c1)CCC2. The number of benzene rings is 1. The molecule has 0 aromatic heterocycles. The van der Waals surface area contributed by atoms with Gasteiger partial charge >= 0.3 is 0 Å². The number of hydrogen-bond acceptors (Lipinski definition) is 4. The van der Waals surface area contributed by atoms with Gasteiger partial charge in [-0.05, 0) is 87.5 Å². The summed E-state index contributed by atoms with van der Waals surface area (Å²) < 4.78 is 0.488. The lowest BCUT2D eigenvalue weighted by atomic mass is 9.93. The number of rotatable bonds is 6. The van der Waals surface area contributed by atoms with Crippen LogP contribution < -0.4 is 5.43 Å². The normalized spacial score (nSPS) is 30.0. The molecule has 0 bridgehead atoms. The molecule has 3 atom stereocenters. The van der Waals surface area contributed by atoms with Crippen LogP contribution in [0, 0.1) is 0 Å². The number of nitrogens with one attached hydrogen (secondary N) is 1. The first-order valence-electron chi connectivity index (χ1n) is 16.4. The van der Waals surface area contributed by atoms with Crippen molar-refractivity contribution in [2.75, 3.05) is 13.1 Å². The predicted molar refractivity (Wildman–Crippen MR) is 165 cm³/mol. The monoisotopic (exact) mass is 549 g/mol. The molecule has 2 heterocycles. The second kappa shape index (κ2) is 12.7. The van der Waals surface area contributed by atoms with E-state index < -0.39 is 0 Å². The van der Waals surface area contributed by atoms with E-state index in [1.165, 1.54) is 126 Å². The Kier molecular flexibility index (Phi) is 9.07. The van der Waals surface area contributed by atoms with Crippen LogP contribution in [-0.2, 0) is 17.6 Å². The lowest BCUT2D eigenvalue weighted by Gasteiger charge is -2.33. The van der Waals surface area contributed by atoms with Crippen molar-refractivity contribution in [2.45, 2.75) is 144 Å². The van der Waals surface area contributed by atoms with Gasteiger partial charge in [0.25, 0.3) is 0 Å². The molecular weight excluding hydrogens is 498 g/mol. The molecule has 3 aliphatic carbocycles. The highest BCUT2D eigenvalue weighted by molar-refractivity contribution is 8.01. The third kappa shape index (κ3) is 6.62. The maximum Gasteiger partial charge on any atom is 0.246 e. The molecule has 5 heteroatoms. The van der Waals surface area contributed by atoms with E-state index in [1.807, 2.05) is 6.08 Å². The number of nitrogens with zero attached hydrogens (tertiary/aromatic N) is 2. The first-order chi connectivity index (χ1) is 19.1. The van der Waals surface area contributed by atoms with Crippen molar-refractivity contribution < 1.29 is 4.79 Å². The minimum atomic E-state index is 0.208. The quantitative estimate of drug-likeness (QED) is 0.298. The third-order valence-corrected chi connectivity index (χ3v) is 12.4. The number of thioether (sulfide) groups is 1. The van der Waals surface area contributed by atoms with Gasteiger partial charge in [-0.3, -0.25) is 4.79 Å². The lowest BCUT2D eigenvalue weighted by Crippen LogP contribution is -2.49. The average molecular weight is 550 g/mol. The fourth-order valence-electron chi connectivity index (χ4n) is 8.28. The fraction of sp³-hybridized carbons (Fsp3) is 0.735. The standard InChI is InChI=1S/C34H51N3OS/c1-26-32(25-37(35-26)30-13-6-2-3-7-14-30)36(24-31-19-22-34(39-31)20-8-4-5-9-21-34)33(38)18-16-27-15-17-28-11-10-12-29(28)23-27/h15-18,23,26,30-32,35H,2-14,19-22,24-25H2,1H3. The molecule has 1 N–H and O–H groups in total. The number of carbonyl (C=O) groups excluding carboxylic acids is 1. The molecule has 1 spiro atoms. The van der Waals surface area contributed by atoms with Gasteiger partial charge in [0.15, 0.2) is 0 Å². The zero-order valence-electron chi connectivity index (χ0n) is 24.3. The fourth-order valence-corrected chi connectivity index (χ4v) is 10.2. The van der Waals surface area contributed by atoms with Crippen LogP contribution in [0.4, 0.5) is 0 Å². The minimum Gasteiger partial charge on any atom is -0.332 e. The number of carbonyl (C=O) groups is 1. The molecule has 4 nitrogen and oxygen atoms in total. The molecule has 3 unspecified atom stereocenters. The lowest BCUT2D eigenvalue weighted by molar-refractivity contribution is -0.128. The van der Waals surface area contributed by atoms with Gasteiger partial charge in [0.05, 0.1) is 6.04 Å². The summed E-state index contributed by atoms with van der Waals surface area (Å²) >= 11 is 2.26. The van der Waals surface area contributed by atoms with Gasteiger partial charge in [-0.15, -0.1) is 11.8 Å². The first-order valence-corrected chi connectivity index (χ1v) is 17.3. The molecule has 6 rings (SSSR count). The van der Waals surface area contributed by atoms with Crippen LogP contribution in [-0.4, -0.2) is 57.0 Å². The topological polar surface area (TPSA) is 35.6 Å². The van der Waals surface area contributed by atoms with Crippen molar-refractivity contribution in [3.8, 4) is 0 Å². The Bertz CT molecular complexity index is 1010. The van der Waals surface area contributed by atoms with E-state index >= 15 is 0 Å². The molecule has 5 aliphatic rings. The van der Waals surface area contributed by atoms with E-state index in [-0.39, 0.29) is 11.9 Å². The van der Waals surface area contributed by atoms with Gasteiger partial charge in [0.1, 0.15) is 0 Å². The molecule has 2 saturated carbocycles. The Morgan fingerprint density at radius 1 is 0.974 bits per heavy atom. The van der Waals surface area contributed by atoms with Gasteiger partial charge in [-0.1, -0.05) is 69.6 Å². The molecule has 214 valence electrons. The van der Waals surface area contributed by atoms with E-state index in [9.17, 15) is 4.79 Å². The van der Waals surface area contributed by atoms with E-state index in [0.717, 1.165) is 13.1 Å². The van der Waals surface area contributed by atoms with Crippen LogP contribution in [0.25, 0.3) is 6.08 Å². The van der Waals surface area contributed by atoms with Gasteiger partial charge in [0.2, 0.25) is 5.91 Å². The Morgan fingerprint density at radius 3 is 2.51 bits per heavy atom. The Labute approximate surface area is 241 Å². The highest BCUT2D eigenvalue weighted by Crippen LogP contribution is 2.51. The number of hydrazine groups is 1. The number of fused-ring (bicyclic) bond motifs is 1. The highest BCUT2D eigenvalue weighted by atomic mass is 32.2. The Morgan fingerprint density at radius 2 is 1.72 bits per heavy atom. The summed E-state index contributed by atoms with van der Waals surface area (Å²) in [5.41, 5.74) is 7.99. The molecule has 1 aromatic carbocycles. The van der Waals surface area contributed by atoms with Crippen LogP contribution in [0.15, 0.2) is 24.3 Å². The van der Waals surface area contributed by atoms with Crippen molar-refractivity contribution in [2.24, 2.45) is 0 Å². The summed E-state index contributed by atoms with van der Waals surface area (Å²) in [7, 11) is 0. The molecule has 0 radical (unpaired) electrons. The summed E-state index contributed by atoms with van der Waals surface area (Å²) in [6, 6.07) is 7.94. The van der Waals surface area contributed by atoms with Gasteiger partial charge in [-0.25, -0.2) is 10.4 Å². The summed E-state index contributed by atoms with van der Waals surface area (Å²) in [6.45, 7) is 4.17. The van der Waals surface area contributed by atoms with E-state index in [4.69, 9.17) is 0 Å². The minimum absolute atomic E-state index is 0.208. The van der Waals surface area contributed by atoms with Crippen LogP contribution in [0.1, 0.15) is 120 Å². The second-order valence-electron chi connectivity index (χ2n) is 13.4. The van der Waals surface area contributed by atoms with Gasteiger partial charge in [0, 0.05) is 41.2 Å². The van der Waals surface area contributed by atoms with Gasteiger partial charge < -0.3 is 4.90 Å². The third-order valence-electron chi connectivity index (χ3n) is 10.6. The van der Waals surface area contributed by atoms with E-state index in [2.05, 4.69) is 58.3 Å². The van der Waals surface area contributed by atoms with Crippen LogP contribution in [0.3, 0.4) is 0 Å². The van der Waals surface area contributed by atoms with E-state index in [0.29, 0.717) is 22.1 Å². The predicted octanol–water partition coefficient (Wildman–Crippen LogP) is 7.31. The van der Waals surface area contributed by atoms with Crippen LogP contribution >= 0.6 is 11.8 Å². The van der Waals surface area contributed by atoms with Crippen LogP contribution in [0.5, 0.6) is 0 Å². The average Bonchev–Trinajstić information content (AvgIpc) is 3.54. The van der Waals surface area contributed by atoms with Crippen molar-refractivity contribution >= 4 is 23.7 Å². The highest BCUT2D eigenvalue weighted by Gasteiger charge is 2.43. The van der Waals surface area contributed by atoms with Crippen molar-refractivity contribution in [3.63, 3.8) is 0 Å². The van der Waals surface area contributed by atoms with E-state index in [1.54, 1.807) is 0 Å². The first kappa shape index (κ1) is 27.8. The summed E-state index contributed by atoms with van der Waals surface area (Å²) in [4.78, 5) is 16.3. The number of hydrogen-bond donors (Lipinski definition) is 1. The molecule has 2 saturated heterocycles. The summed E-state index contributed by atoms with van der Waals surface area (Å²) in [5.74, 6) is 0.208. The smallest absolute Gasteiger partial charge is 0.246 e. The second-order valence-corrected chi connectivity index (χ2v) is 15.1. The zero-order chi connectivity index (χ0) is 26.7. The molecule has 2 aliphatic heterocycles. The molecule has 1 aromatic rings.